The fourth-order valence-corrected chi connectivity index (χ4v) is 2.53. The monoisotopic (exact) mass is 382 g/mol. The van der Waals surface area contributed by atoms with Crippen molar-refractivity contribution in [2.45, 2.75) is 77.0 Å². The highest BCUT2D eigenvalue weighted by Crippen LogP contribution is 2.06. The summed E-state index contributed by atoms with van der Waals surface area (Å²) in [4.78, 5) is 23.0. The fourth-order valence-electron chi connectivity index (χ4n) is 2.16. The maximum absolute atomic E-state index is 11.5. The molecule has 0 bridgehead atoms. The molecule has 0 fully saturated rings. The van der Waals surface area contributed by atoms with Gasteiger partial charge in [0.05, 0.1) is 13.2 Å². The zero-order chi connectivity index (χ0) is 17.9. The lowest BCUT2D eigenvalue weighted by molar-refractivity contribution is -0.146. The molecule has 0 unspecified atom stereocenters. The van der Waals surface area contributed by atoms with Gasteiger partial charge >= 0.3 is 11.9 Å². The van der Waals surface area contributed by atoms with Gasteiger partial charge in [-0.15, -0.1) is 23.2 Å². The Hall–Kier alpha value is -0.480. The van der Waals surface area contributed by atoms with E-state index in [0.717, 1.165) is 51.4 Å². The molecule has 24 heavy (non-hydrogen) atoms. The Labute approximate surface area is 156 Å². The van der Waals surface area contributed by atoms with E-state index in [-0.39, 0.29) is 11.9 Å². The summed E-state index contributed by atoms with van der Waals surface area (Å²) in [6.45, 7) is 0.958. The van der Waals surface area contributed by atoms with Crippen molar-refractivity contribution in [2.75, 3.05) is 25.0 Å². The predicted molar refractivity (Wildman–Crippen MR) is 98.8 cm³/mol. The topological polar surface area (TPSA) is 52.6 Å². The van der Waals surface area contributed by atoms with E-state index in [0.29, 0.717) is 50.7 Å². The summed E-state index contributed by atoms with van der Waals surface area (Å²) >= 11 is 11.2. The summed E-state index contributed by atoms with van der Waals surface area (Å²) in [6.07, 6.45) is 10.1. The lowest BCUT2D eigenvalue weighted by Crippen LogP contribution is -2.08. The number of ether oxygens (including phenoxy) is 2. The molecule has 6 heteroatoms. The van der Waals surface area contributed by atoms with Crippen LogP contribution in [0.1, 0.15) is 77.0 Å². The number of carbonyl (C=O) groups excluding carboxylic acids is 2. The Morgan fingerprint density at radius 1 is 0.542 bits per heavy atom. The number of carbonyl (C=O) groups is 2. The first-order valence-corrected chi connectivity index (χ1v) is 10.2. The summed E-state index contributed by atoms with van der Waals surface area (Å²) in [5.74, 6) is 1.02. The Morgan fingerprint density at radius 3 is 1.29 bits per heavy atom. The van der Waals surface area contributed by atoms with E-state index in [2.05, 4.69) is 0 Å². The molecule has 0 saturated carbocycles. The molecule has 0 aliphatic carbocycles. The lowest BCUT2D eigenvalue weighted by Gasteiger charge is -2.06. The van der Waals surface area contributed by atoms with Crippen molar-refractivity contribution in [1.82, 2.24) is 0 Å². The number of halogens is 2. The molecule has 0 aromatic rings. The van der Waals surface area contributed by atoms with Crippen LogP contribution < -0.4 is 0 Å². The molecule has 0 aromatic heterocycles. The number of hydrogen-bond donors (Lipinski definition) is 0. The second-order valence-corrected chi connectivity index (χ2v) is 6.61. The minimum absolute atomic E-state index is 0.181. The van der Waals surface area contributed by atoms with Crippen molar-refractivity contribution in [3.8, 4) is 0 Å². The maximum atomic E-state index is 11.5. The highest BCUT2D eigenvalue weighted by molar-refractivity contribution is 6.18. The average Bonchev–Trinajstić information content (AvgIpc) is 2.58. The Morgan fingerprint density at radius 2 is 0.917 bits per heavy atom. The van der Waals surface area contributed by atoms with Gasteiger partial charge in [0.2, 0.25) is 0 Å². The second-order valence-electron chi connectivity index (χ2n) is 5.85. The van der Waals surface area contributed by atoms with Crippen LogP contribution in [0.25, 0.3) is 0 Å². The molecular weight excluding hydrogens is 351 g/mol. The summed E-state index contributed by atoms with van der Waals surface area (Å²) < 4.78 is 10.3. The van der Waals surface area contributed by atoms with Crippen LogP contribution >= 0.6 is 23.2 Å². The third kappa shape index (κ3) is 17.9. The Bertz CT molecular complexity index is 281. The number of hydrogen-bond acceptors (Lipinski definition) is 4. The molecule has 0 aliphatic rings. The number of unbranched alkanes of at least 4 members (excludes halogenated alkanes) is 7. The van der Waals surface area contributed by atoms with Crippen molar-refractivity contribution in [2.24, 2.45) is 0 Å². The highest BCUT2D eigenvalue weighted by Gasteiger charge is 2.06. The van der Waals surface area contributed by atoms with Crippen LogP contribution in [0.5, 0.6) is 0 Å². The first kappa shape index (κ1) is 23.5. The highest BCUT2D eigenvalue weighted by atomic mass is 35.5. The zero-order valence-electron chi connectivity index (χ0n) is 14.7. The summed E-state index contributed by atoms with van der Waals surface area (Å²) in [5.41, 5.74) is 0. The first-order chi connectivity index (χ1) is 11.7. The van der Waals surface area contributed by atoms with Crippen LogP contribution in [0.3, 0.4) is 0 Å². The van der Waals surface area contributed by atoms with Crippen LogP contribution in [0.15, 0.2) is 0 Å². The molecule has 4 nitrogen and oxygen atoms in total. The summed E-state index contributed by atoms with van der Waals surface area (Å²) in [5, 5.41) is 0. The van der Waals surface area contributed by atoms with Crippen molar-refractivity contribution in [1.29, 1.82) is 0 Å². The third-order valence-corrected chi connectivity index (χ3v) is 4.13. The Balaban J connectivity index is 3.31. The van der Waals surface area contributed by atoms with Crippen molar-refractivity contribution in [3.63, 3.8) is 0 Å². The Kier molecular flexibility index (Phi) is 18.5. The summed E-state index contributed by atoms with van der Waals surface area (Å²) in [7, 11) is 0. The van der Waals surface area contributed by atoms with Crippen LogP contribution in [-0.4, -0.2) is 36.9 Å². The van der Waals surface area contributed by atoms with Gasteiger partial charge in [-0.2, -0.15) is 0 Å². The van der Waals surface area contributed by atoms with E-state index < -0.39 is 0 Å². The quantitative estimate of drug-likeness (QED) is 0.196. The minimum Gasteiger partial charge on any atom is -0.466 e. The van der Waals surface area contributed by atoms with Crippen molar-refractivity contribution >= 4 is 35.1 Å². The van der Waals surface area contributed by atoms with Gasteiger partial charge in [-0.1, -0.05) is 25.7 Å². The molecule has 0 radical (unpaired) electrons. The number of rotatable bonds is 17. The van der Waals surface area contributed by atoms with Crippen LogP contribution in [0, 0.1) is 0 Å². The van der Waals surface area contributed by atoms with Gasteiger partial charge in [0.1, 0.15) is 0 Å². The SMILES string of the molecule is O=C(CCCCC(=O)OCCCCCCCl)OCCCCCCCl. The van der Waals surface area contributed by atoms with E-state index in [9.17, 15) is 9.59 Å². The molecule has 0 N–H and O–H groups in total. The molecule has 0 amide bonds. The van der Waals surface area contributed by atoms with Gasteiger partial charge in [-0.3, -0.25) is 9.59 Å². The van der Waals surface area contributed by atoms with Gasteiger partial charge in [0.25, 0.3) is 0 Å². The molecule has 0 aliphatic heterocycles. The largest absolute Gasteiger partial charge is 0.466 e. The van der Waals surface area contributed by atoms with E-state index >= 15 is 0 Å². The van der Waals surface area contributed by atoms with Gasteiger partial charge in [-0.25, -0.2) is 0 Å². The van der Waals surface area contributed by atoms with Crippen molar-refractivity contribution < 1.29 is 19.1 Å². The van der Waals surface area contributed by atoms with Gasteiger partial charge in [0, 0.05) is 24.6 Å². The van der Waals surface area contributed by atoms with Gasteiger partial charge < -0.3 is 9.47 Å². The molecule has 142 valence electrons. The fraction of sp³-hybridized carbons (Fsp3) is 0.889. The molecule has 0 rings (SSSR count). The second kappa shape index (κ2) is 18.9. The van der Waals surface area contributed by atoms with Crippen LogP contribution in [0.2, 0.25) is 0 Å². The predicted octanol–water partition coefficient (Wildman–Crippen LogP) is 5.23. The number of esters is 2. The zero-order valence-corrected chi connectivity index (χ0v) is 16.2. The third-order valence-electron chi connectivity index (χ3n) is 3.59. The van der Waals surface area contributed by atoms with E-state index in [1.165, 1.54) is 0 Å². The van der Waals surface area contributed by atoms with E-state index in [1.54, 1.807) is 0 Å². The van der Waals surface area contributed by atoms with Gasteiger partial charge in [-0.05, 0) is 38.5 Å². The molecule has 0 aromatic carbocycles. The average molecular weight is 383 g/mol. The minimum atomic E-state index is -0.181. The van der Waals surface area contributed by atoms with Crippen molar-refractivity contribution in [3.05, 3.63) is 0 Å². The normalized spacial score (nSPS) is 10.6. The summed E-state index contributed by atoms with van der Waals surface area (Å²) in [6, 6.07) is 0. The van der Waals surface area contributed by atoms with Crippen LogP contribution in [0.4, 0.5) is 0 Å². The van der Waals surface area contributed by atoms with Gasteiger partial charge in [0.15, 0.2) is 0 Å². The lowest BCUT2D eigenvalue weighted by atomic mass is 10.2. The first-order valence-electron chi connectivity index (χ1n) is 9.14. The van der Waals surface area contributed by atoms with Crippen LogP contribution in [-0.2, 0) is 19.1 Å². The molecule has 0 spiro atoms. The maximum Gasteiger partial charge on any atom is 0.305 e. The molecule has 0 heterocycles. The standard InChI is InChI=1S/C18H32Cl2O4/c19-13-7-1-3-9-15-23-17(21)11-5-6-12-18(22)24-16-10-4-2-8-14-20/h1-16H2. The number of alkyl halides is 2. The molecule has 0 atom stereocenters. The smallest absolute Gasteiger partial charge is 0.305 e. The van der Waals surface area contributed by atoms with E-state index in [4.69, 9.17) is 32.7 Å². The van der Waals surface area contributed by atoms with E-state index in [1.807, 2.05) is 0 Å². The molecule has 0 saturated heterocycles. The molecular formula is C18H32Cl2O4.